The minimum Gasteiger partial charge on any atom is -0.383 e. The van der Waals surface area contributed by atoms with Crippen molar-refractivity contribution in [2.75, 3.05) is 45.9 Å². The highest BCUT2D eigenvalue weighted by atomic mass is 16.6. The van der Waals surface area contributed by atoms with E-state index in [1.807, 2.05) is 0 Å². The van der Waals surface area contributed by atoms with Crippen LogP contribution in [0.3, 0.4) is 0 Å². The number of methoxy groups -OCH3 is 1. The third-order valence-electron chi connectivity index (χ3n) is 2.60. The molecule has 1 aromatic rings. The lowest BCUT2D eigenvalue weighted by atomic mass is 10.2. The molecule has 1 rings (SSSR count). The van der Waals surface area contributed by atoms with Crippen LogP contribution in [-0.2, 0) is 20.8 Å². The van der Waals surface area contributed by atoms with E-state index in [0.717, 1.165) is 5.56 Å². The summed E-state index contributed by atoms with van der Waals surface area (Å²) in [5.41, 5.74) is 1.29. The second-order valence-electron chi connectivity index (χ2n) is 4.02. The minimum absolute atomic E-state index is 0.0462. The van der Waals surface area contributed by atoms with Gasteiger partial charge in [-0.25, -0.2) is 0 Å². The van der Waals surface area contributed by atoms with E-state index in [-0.39, 0.29) is 5.69 Å². The summed E-state index contributed by atoms with van der Waals surface area (Å²) in [5.74, 6) is 0. The Morgan fingerprint density at radius 2 is 1.90 bits per heavy atom. The van der Waals surface area contributed by atoms with Gasteiger partial charge >= 0.3 is 0 Å². The summed E-state index contributed by atoms with van der Waals surface area (Å²) in [5, 5.41) is 13.7. The molecule has 0 saturated carbocycles. The average molecular weight is 284 g/mol. The molecule has 0 radical (unpaired) electrons. The Kier molecular flexibility index (Phi) is 7.56. The molecule has 0 atom stereocenters. The fraction of sp³-hybridized carbons (Fsp3) is 0.538. The number of hydrogen-bond acceptors (Lipinski definition) is 6. The standard InChI is InChI=1S/C13H20N2O5/c1-14-12-4-3-11(9-13(12)15(16)17)10-20-8-7-19-6-5-18-2/h3-4,9,14H,5-8,10H2,1-2H3. The largest absolute Gasteiger partial charge is 0.383 e. The third kappa shape index (κ3) is 5.52. The van der Waals surface area contributed by atoms with Crippen LogP contribution in [0.5, 0.6) is 0 Å². The van der Waals surface area contributed by atoms with Gasteiger partial charge in [0.15, 0.2) is 0 Å². The van der Waals surface area contributed by atoms with Crippen molar-refractivity contribution in [1.29, 1.82) is 0 Å². The van der Waals surface area contributed by atoms with Gasteiger partial charge in [-0.3, -0.25) is 10.1 Å². The number of rotatable bonds is 10. The number of anilines is 1. The summed E-state index contributed by atoms with van der Waals surface area (Å²) < 4.78 is 15.5. The van der Waals surface area contributed by atoms with E-state index in [0.29, 0.717) is 38.7 Å². The molecule has 7 nitrogen and oxygen atoms in total. The maximum Gasteiger partial charge on any atom is 0.292 e. The number of nitro benzene ring substituents is 1. The zero-order chi connectivity index (χ0) is 14.8. The van der Waals surface area contributed by atoms with Crippen LogP contribution in [0.4, 0.5) is 11.4 Å². The fourth-order valence-corrected chi connectivity index (χ4v) is 1.58. The maximum absolute atomic E-state index is 10.9. The van der Waals surface area contributed by atoms with E-state index in [2.05, 4.69) is 5.32 Å². The highest BCUT2D eigenvalue weighted by Gasteiger charge is 2.13. The van der Waals surface area contributed by atoms with Crippen LogP contribution in [0.2, 0.25) is 0 Å². The second kappa shape index (κ2) is 9.24. The molecule has 1 aromatic carbocycles. The van der Waals surface area contributed by atoms with Crippen molar-refractivity contribution in [2.24, 2.45) is 0 Å². The van der Waals surface area contributed by atoms with Gasteiger partial charge in [0.05, 0.1) is 38.0 Å². The van der Waals surface area contributed by atoms with Crippen LogP contribution >= 0.6 is 0 Å². The fourth-order valence-electron chi connectivity index (χ4n) is 1.58. The van der Waals surface area contributed by atoms with Gasteiger partial charge in [-0.15, -0.1) is 0 Å². The Bertz CT molecular complexity index is 425. The molecule has 0 heterocycles. The highest BCUT2D eigenvalue weighted by Crippen LogP contribution is 2.25. The summed E-state index contributed by atoms with van der Waals surface area (Å²) in [6.07, 6.45) is 0. The van der Waals surface area contributed by atoms with Crippen molar-refractivity contribution >= 4 is 11.4 Å². The lowest BCUT2D eigenvalue weighted by Crippen LogP contribution is -2.08. The summed E-state index contributed by atoms with van der Waals surface area (Å²) in [6.45, 7) is 2.31. The molecule has 0 aliphatic carbocycles. The first-order valence-corrected chi connectivity index (χ1v) is 6.28. The number of nitrogens with one attached hydrogen (secondary N) is 1. The first-order chi connectivity index (χ1) is 9.69. The van der Waals surface area contributed by atoms with Crippen molar-refractivity contribution in [3.63, 3.8) is 0 Å². The molecule has 0 aliphatic heterocycles. The molecular formula is C13H20N2O5. The molecule has 0 bridgehead atoms. The van der Waals surface area contributed by atoms with Gasteiger partial charge in [-0.1, -0.05) is 6.07 Å². The molecular weight excluding hydrogens is 264 g/mol. The topological polar surface area (TPSA) is 82.9 Å². The SMILES string of the molecule is CNc1ccc(COCCOCCOC)cc1[N+](=O)[O-]. The van der Waals surface area contributed by atoms with E-state index in [9.17, 15) is 10.1 Å². The first kappa shape index (κ1) is 16.4. The second-order valence-corrected chi connectivity index (χ2v) is 4.02. The molecule has 20 heavy (non-hydrogen) atoms. The quantitative estimate of drug-likeness (QED) is 0.401. The van der Waals surface area contributed by atoms with Crippen molar-refractivity contribution in [2.45, 2.75) is 6.61 Å². The molecule has 0 aromatic heterocycles. The molecule has 7 heteroatoms. The highest BCUT2D eigenvalue weighted by molar-refractivity contribution is 5.62. The predicted octanol–water partition coefficient (Wildman–Crippen LogP) is 1.82. The lowest BCUT2D eigenvalue weighted by Gasteiger charge is -2.07. The average Bonchev–Trinajstić information content (AvgIpc) is 2.46. The Hall–Kier alpha value is -1.70. The minimum atomic E-state index is -0.413. The lowest BCUT2D eigenvalue weighted by molar-refractivity contribution is -0.384. The molecule has 0 unspecified atom stereocenters. The van der Waals surface area contributed by atoms with Crippen LogP contribution in [0.1, 0.15) is 5.56 Å². The summed E-state index contributed by atoms with van der Waals surface area (Å²) in [6, 6.07) is 4.98. The van der Waals surface area contributed by atoms with Gasteiger partial charge < -0.3 is 19.5 Å². The van der Waals surface area contributed by atoms with Gasteiger partial charge in [0, 0.05) is 20.2 Å². The van der Waals surface area contributed by atoms with Gasteiger partial charge in [-0.05, 0) is 11.6 Å². The maximum atomic E-state index is 10.9. The molecule has 0 saturated heterocycles. The van der Waals surface area contributed by atoms with Gasteiger partial charge in [0.1, 0.15) is 5.69 Å². The van der Waals surface area contributed by atoms with Crippen LogP contribution in [-0.4, -0.2) is 45.5 Å². The van der Waals surface area contributed by atoms with Crippen molar-refractivity contribution in [3.8, 4) is 0 Å². The van der Waals surface area contributed by atoms with Gasteiger partial charge in [0.2, 0.25) is 0 Å². The van der Waals surface area contributed by atoms with Crippen molar-refractivity contribution < 1.29 is 19.1 Å². The van der Waals surface area contributed by atoms with E-state index in [1.165, 1.54) is 6.07 Å². The molecule has 112 valence electrons. The zero-order valence-electron chi connectivity index (χ0n) is 11.8. The Balaban J connectivity index is 2.37. The number of nitro groups is 1. The van der Waals surface area contributed by atoms with Crippen LogP contribution in [0.25, 0.3) is 0 Å². The zero-order valence-corrected chi connectivity index (χ0v) is 11.8. The van der Waals surface area contributed by atoms with Crippen LogP contribution in [0, 0.1) is 10.1 Å². The van der Waals surface area contributed by atoms with E-state index < -0.39 is 4.92 Å². The van der Waals surface area contributed by atoms with Crippen molar-refractivity contribution in [1.82, 2.24) is 0 Å². The number of ether oxygens (including phenoxy) is 3. The normalized spacial score (nSPS) is 10.5. The Labute approximate surface area is 118 Å². The molecule has 0 spiro atoms. The van der Waals surface area contributed by atoms with E-state index in [4.69, 9.17) is 14.2 Å². The number of hydrogen-bond donors (Lipinski definition) is 1. The Morgan fingerprint density at radius 1 is 1.20 bits per heavy atom. The van der Waals surface area contributed by atoms with Crippen molar-refractivity contribution in [3.05, 3.63) is 33.9 Å². The molecule has 0 aliphatic rings. The van der Waals surface area contributed by atoms with Crippen LogP contribution < -0.4 is 5.32 Å². The predicted molar refractivity (Wildman–Crippen MR) is 75.0 cm³/mol. The monoisotopic (exact) mass is 284 g/mol. The number of nitrogens with zero attached hydrogens (tertiary/aromatic N) is 1. The Morgan fingerprint density at radius 3 is 2.55 bits per heavy atom. The molecule has 1 N–H and O–H groups in total. The smallest absolute Gasteiger partial charge is 0.292 e. The van der Waals surface area contributed by atoms with Crippen LogP contribution in [0.15, 0.2) is 18.2 Å². The van der Waals surface area contributed by atoms with Gasteiger partial charge in [0.25, 0.3) is 5.69 Å². The van der Waals surface area contributed by atoms with E-state index >= 15 is 0 Å². The molecule has 0 amide bonds. The summed E-state index contributed by atoms with van der Waals surface area (Å²) in [4.78, 5) is 10.5. The molecule has 0 fully saturated rings. The summed E-state index contributed by atoms with van der Waals surface area (Å²) >= 11 is 0. The summed E-state index contributed by atoms with van der Waals surface area (Å²) in [7, 11) is 3.26. The van der Waals surface area contributed by atoms with E-state index in [1.54, 1.807) is 26.3 Å². The number of benzene rings is 1. The first-order valence-electron chi connectivity index (χ1n) is 6.28. The van der Waals surface area contributed by atoms with Gasteiger partial charge in [-0.2, -0.15) is 0 Å². The third-order valence-corrected chi connectivity index (χ3v) is 2.60.